The lowest BCUT2D eigenvalue weighted by Gasteiger charge is -2.31. The molecule has 1 aromatic rings. The number of halogens is 3. The van der Waals surface area contributed by atoms with Gasteiger partial charge in [-0.1, -0.05) is 12.8 Å². The van der Waals surface area contributed by atoms with Gasteiger partial charge in [0.15, 0.2) is 9.84 Å². The molecule has 0 aromatic heterocycles. The molecule has 2 N–H and O–H groups in total. The minimum Gasteiger partial charge on any atom is -0.273 e. The number of benzene rings is 1. The summed E-state index contributed by atoms with van der Waals surface area (Å²) in [7, 11) is -3.41. The fourth-order valence-corrected chi connectivity index (χ4v) is 3.60. The zero-order valence-corrected chi connectivity index (χ0v) is 14.8. The molecule has 1 aliphatic rings. The van der Waals surface area contributed by atoms with Gasteiger partial charge in [-0.25, -0.2) is 8.42 Å². The summed E-state index contributed by atoms with van der Waals surface area (Å²) in [5.74, 6) is -4.59. The number of rotatable bonds is 3. The van der Waals surface area contributed by atoms with Gasteiger partial charge in [0.2, 0.25) is 5.91 Å². The van der Waals surface area contributed by atoms with E-state index in [9.17, 15) is 31.2 Å². The van der Waals surface area contributed by atoms with Gasteiger partial charge >= 0.3 is 6.18 Å². The highest BCUT2D eigenvalue weighted by molar-refractivity contribution is 7.90. The third-order valence-electron chi connectivity index (χ3n) is 4.37. The number of carbonyl (C=O) groups excluding carboxylic acids is 2. The first kappa shape index (κ1) is 20.2. The molecule has 1 saturated carbocycles. The smallest absolute Gasteiger partial charge is 0.273 e. The van der Waals surface area contributed by atoms with Gasteiger partial charge in [0, 0.05) is 11.8 Å². The van der Waals surface area contributed by atoms with Crippen molar-refractivity contribution in [3.05, 3.63) is 29.8 Å². The Morgan fingerprint density at radius 2 is 1.62 bits per heavy atom. The summed E-state index contributed by atoms with van der Waals surface area (Å²) in [6, 6.07) is 4.95. The Hall–Kier alpha value is -2.10. The van der Waals surface area contributed by atoms with E-state index in [4.69, 9.17) is 0 Å². The van der Waals surface area contributed by atoms with Crippen molar-refractivity contribution in [3.63, 3.8) is 0 Å². The van der Waals surface area contributed by atoms with Crippen LogP contribution in [-0.2, 0) is 14.6 Å². The lowest BCUT2D eigenvalue weighted by Crippen LogP contribution is -2.49. The van der Waals surface area contributed by atoms with Gasteiger partial charge in [-0.15, -0.1) is 0 Å². The van der Waals surface area contributed by atoms with Crippen LogP contribution in [-0.4, -0.2) is 32.7 Å². The summed E-state index contributed by atoms with van der Waals surface area (Å²) in [5.41, 5.74) is 4.18. The van der Waals surface area contributed by atoms with Crippen LogP contribution in [0.25, 0.3) is 0 Å². The van der Waals surface area contributed by atoms with Crippen LogP contribution < -0.4 is 10.9 Å². The van der Waals surface area contributed by atoms with Gasteiger partial charge in [0.1, 0.15) is 0 Å². The first-order chi connectivity index (χ1) is 12.0. The molecular weight excluding hydrogens is 373 g/mol. The molecule has 1 fully saturated rings. The van der Waals surface area contributed by atoms with Gasteiger partial charge in [-0.05, 0) is 37.1 Å². The zero-order valence-electron chi connectivity index (χ0n) is 14.0. The molecule has 0 saturated heterocycles. The molecular formula is C16H19F3N2O4S. The van der Waals surface area contributed by atoms with Crippen molar-refractivity contribution < 1.29 is 31.2 Å². The fraction of sp³-hybridized carbons (Fsp3) is 0.500. The summed E-state index contributed by atoms with van der Waals surface area (Å²) in [6.45, 7) is 0. The lowest BCUT2D eigenvalue weighted by molar-refractivity contribution is -0.198. The molecule has 1 aromatic carbocycles. The second-order valence-corrected chi connectivity index (χ2v) is 8.29. The Morgan fingerprint density at radius 1 is 1.04 bits per heavy atom. The number of hydrogen-bond donors (Lipinski definition) is 2. The maximum atomic E-state index is 13.0. The van der Waals surface area contributed by atoms with E-state index >= 15 is 0 Å². The van der Waals surface area contributed by atoms with E-state index in [1.807, 2.05) is 5.43 Å². The molecule has 0 aliphatic heterocycles. The molecule has 2 atom stereocenters. The highest BCUT2D eigenvalue weighted by atomic mass is 32.2. The highest BCUT2D eigenvalue weighted by Gasteiger charge is 2.48. The Kier molecular flexibility index (Phi) is 5.94. The van der Waals surface area contributed by atoms with Crippen molar-refractivity contribution in [1.82, 2.24) is 10.9 Å². The molecule has 0 heterocycles. The average molecular weight is 392 g/mol. The second-order valence-electron chi connectivity index (χ2n) is 6.28. The molecule has 26 heavy (non-hydrogen) atoms. The molecule has 0 spiro atoms. The van der Waals surface area contributed by atoms with E-state index in [0.717, 1.165) is 6.26 Å². The van der Waals surface area contributed by atoms with Crippen LogP contribution in [0.4, 0.5) is 13.2 Å². The van der Waals surface area contributed by atoms with Gasteiger partial charge < -0.3 is 0 Å². The van der Waals surface area contributed by atoms with Crippen molar-refractivity contribution >= 4 is 21.7 Å². The number of amides is 2. The Morgan fingerprint density at radius 3 is 2.15 bits per heavy atom. The number of nitrogens with one attached hydrogen (secondary N) is 2. The van der Waals surface area contributed by atoms with Gasteiger partial charge in [-0.3, -0.25) is 20.4 Å². The van der Waals surface area contributed by atoms with Gasteiger partial charge in [0.05, 0.1) is 16.7 Å². The maximum absolute atomic E-state index is 13.0. The first-order valence-corrected chi connectivity index (χ1v) is 9.86. The Bertz CT molecular complexity index is 776. The van der Waals surface area contributed by atoms with Crippen LogP contribution >= 0.6 is 0 Å². The molecule has 2 unspecified atom stereocenters. The molecule has 0 bridgehead atoms. The number of carbonyl (C=O) groups is 2. The Balaban J connectivity index is 1.99. The third-order valence-corrected chi connectivity index (χ3v) is 5.50. The number of sulfone groups is 1. The minimum atomic E-state index is -4.46. The monoisotopic (exact) mass is 392 g/mol. The fourth-order valence-electron chi connectivity index (χ4n) is 2.97. The molecule has 2 amide bonds. The van der Waals surface area contributed by atoms with Crippen LogP contribution in [0, 0.1) is 11.8 Å². The van der Waals surface area contributed by atoms with E-state index < -0.39 is 39.7 Å². The van der Waals surface area contributed by atoms with Crippen LogP contribution in [0.5, 0.6) is 0 Å². The van der Waals surface area contributed by atoms with Crippen LogP contribution in [0.3, 0.4) is 0 Å². The predicted molar refractivity (Wildman–Crippen MR) is 86.7 cm³/mol. The standard InChI is InChI=1S/C16H19F3N2O4S/c1-26(24,25)11-8-6-10(7-9-11)14(22)20-21-15(23)12-4-2-3-5-13(12)16(17,18)19/h6-9,12-13H,2-5H2,1H3,(H,20,22)(H,21,23). The van der Waals surface area contributed by atoms with Crippen LogP contribution in [0.15, 0.2) is 29.2 Å². The van der Waals surface area contributed by atoms with E-state index in [0.29, 0.717) is 12.8 Å². The summed E-state index contributed by atoms with van der Waals surface area (Å²) in [5, 5.41) is 0. The first-order valence-electron chi connectivity index (χ1n) is 7.97. The predicted octanol–water partition coefficient (Wildman–Crippen LogP) is 2.22. The highest BCUT2D eigenvalue weighted by Crippen LogP contribution is 2.41. The Labute approximate surface area is 149 Å². The molecule has 1 aliphatic carbocycles. The summed E-state index contributed by atoms with van der Waals surface area (Å²) >= 11 is 0. The SMILES string of the molecule is CS(=O)(=O)c1ccc(C(=O)NNC(=O)C2CCCCC2C(F)(F)F)cc1. The van der Waals surface area contributed by atoms with Crippen molar-refractivity contribution in [2.75, 3.05) is 6.26 Å². The largest absolute Gasteiger partial charge is 0.392 e. The molecule has 2 rings (SSSR count). The van der Waals surface area contributed by atoms with E-state index in [2.05, 4.69) is 5.43 Å². The topological polar surface area (TPSA) is 92.3 Å². The number of hydrogen-bond acceptors (Lipinski definition) is 4. The lowest BCUT2D eigenvalue weighted by atomic mass is 9.78. The van der Waals surface area contributed by atoms with Crippen molar-refractivity contribution in [3.8, 4) is 0 Å². The summed E-state index contributed by atoms with van der Waals surface area (Å²) in [4.78, 5) is 24.1. The summed E-state index contributed by atoms with van der Waals surface area (Å²) in [6.07, 6.45) is -2.52. The van der Waals surface area contributed by atoms with E-state index in [-0.39, 0.29) is 23.3 Å². The van der Waals surface area contributed by atoms with Crippen molar-refractivity contribution in [2.45, 2.75) is 36.8 Å². The quantitative estimate of drug-likeness (QED) is 0.772. The third kappa shape index (κ3) is 4.96. The number of alkyl halides is 3. The van der Waals surface area contributed by atoms with Gasteiger partial charge in [0.25, 0.3) is 5.91 Å². The normalized spacial score (nSPS) is 21.1. The molecule has 0 radical (unpaired) electrons. The van der Waals surface area contributed by atoms with Gasteiger partial charge in [-0.2, -0.15) is 13.2 Å². The average Bonchev–Trinajstić information content (AvgIpc) is 2.58. The number of hydrazine groups is 1. The molecule has 10 heteroatoms. The van der Waals surface area contributed by atoms with Crippen LogP contribution in [0.1, 0.15) is 36.0 Å². The van der Waals surface area contributed by atoms with E-state index in [1.165, 1.54) is 24.3 Å². The zero-order chi connectivity index (χ0) is 19.5. The van der Waals surface area contributed by atoms with Crippen LogP contribution in [0.2, 0.25) is 0 Å². The van der Waals surface area contributed by atoms with E-state index in [1.54, 1.807) is 0 Å². The van der Waals surface area contributed by atoms with Crippen molar-refractivity contribution in [2.24, 2.45) is 11.8 Å². The molecule has 6 nitrogen and oxygen atoms in total. The minimum absolute atomic E-state index is 0.0216. The summed E-state index contributed by atoms with van der Waals surface area (Å²) < 4.78 is 61.8. The van der Waals surface area contributed by atoms with Crippen molar-refractivity contribution in [1.29, 1.82) is 0 Å². The molecule has 144 valence electrons. The maximum Gasteiger partial charge on any atom is 0.392 e. The second kappa shape index (κ2) is 7.65.